The number of aliphatic hydroxyl groups excluding tert-OH is 1. The van der Waals surface area contributed by atoms with Crippen molar-refractivity contribution in [1.82, 2.24) is 0 Å². The molecule has 0 saturated heterocycles. The minimum atomic E-state index is -0.593. The third kappa shape index (κ3) is 3.36. The fraction of sp³-hybridized carbons (Fsp3) is 0.364. The summed E-state index contributed by atoms with van der Waals surface area (Å²) in [5.41, 5.74) is 2.63. The molecule has 2 aliphatic heterocycles. The largest absolute Gasteiger partial charge is 0.463 e. The van der Waals surface area contributed by atoms with E-state index in [-0.39, 0.29) is 17.2 Å². The first-order valence-corrected chi connectivity index (χ1v) is 9.76. The highest BCUT2D eigenvalue weighted by Crippen LogP contribution is 2.45. The van der Waals surface area contributed by atoms with E-state index in [4.69, 9.17) is 9.84 Å². The predicted octanol–water partition coefficient (Wildman–Crippen LogP) is 4.31. The Morgan fingerprint density at radius 1 is 1.14 bits per heavy atom. The van der Waals surface area contributed by atoms with Gasteiger partial charge in [-0.15, -0.1) is 0 Å². The molecule has 0 aliphatic carbocycles. The maximum absolute atomic E-state index is 11.0. The number of hydrogen-bond acceptors (Lipinski definition) is 5. The number of nitrogens with zero attached hydrogens (tertiary/aromatic N) is 2. The lowest BCUT2D eigenvalue weighted by Crippen LogP contribution is -2.51. The van der Waals surface area contributed by atoms with Crippen LogP contribution in [0.1, 0.15) is 36.8 Å². The van der Waals surface area contributed by atoms with Gasteiger partial charge < -0.3 is 14.7 Å². The van der Waals surface area contributed by atoms with E-state index in [0.29, 0.717) is 5.75 Å². The highest BCUT2D eigenvalue weighted by atomic mass is 16.6. The molecule has 0 fully saturated rings. The van der Waals surface area contributed by atoms with Crippen molar-refractivity contribution in [2.24, 2.45) is 0 Å². The molecule has 1 spiro atoms. The third-order valence-electron chi connectivity index (χ3n) is 5.49. The molecule has 0 radical (unpaired) electrons. The van der Waals surface area contributed by atoms with Crippen LogP contribution >= 0.6 is 0 Å². The smallest absolute Gasteiger partial charge is 0.270 e. The van der Waals surface area contributed by atoms with Gasteiger partial charge in [0.2, 0.25) is 5.72 Å². The highest BCUT2D eigenvalue weighted by Gasteiger charge is 2.45. The van der Waals surface area contributed by atoms with Crippen molar-refractivity contribution in [2.75, 3.05) is 18.1 Å². The molecule has 1 unspecified atom stereocenters. The fourth-order valence-corrected chi connectivity index (χ4v) is 4.10. The van der Waals surface area contributed by atoms with Crippen LogP contribution in [0.2, 0.25) is 0 Å². The van der Waals surface area contributed by atoms with Crippen molar-refractivity contribution in [3.8, 4) is 5.75 Å². The number of fused-ring (bicyclic) bond motifs is 2. The average Bonchev–Trinajstić information content (AvgIpc) is 3.00. The Bertz CT molecular complexity index is 911. The van der Waals surface area contributed by atoms with Crippen molar-refractivity contribution < 1.29 is 14.8 Å². The molecule has 1 N–H and O–H groups in total. The lowest BCUT2D eigenvalue weighted by atomic mass is 10.0. The molecule has 6 nitrogen and oxygen atoms in total. The number of rotatable bonds is 7. The fourth-order valence-electron chi connectivity index (χ4n) is 4.10. The summed E-state index contributed by atoms with van der Waals surface area (Å²) in [5, 5.41) is 20.0. The molecule has 2 aliphatic rings. The predicted molar refractivity (Wildman–Crippen MR) is 109 cm³/mol. The van der Waals surface area contributed by atoms with Gasteiger partial charge in [0.1, 0.15) is 5.75 Å². The van der Waals surface area contributed by atoms with Gasteiger partial charge in [-0.2, -0.15) is 0 Å². The van der Waals surface area contributed by atoms with Gasteiger partial charge in [-0.3, -0.25) is 10.1 Å². The number of benzene rings is 2. The van der Waals surface area contributed by atoms with Gasteiger partial charge in [-0.05, 0) is 42.7 Å². The number of ether oxygens (including phenoxy) is 1. The van der Waals surface area contributed by atoms with E-state index < -0.39 is 5.72 Å². The molecule has 4 rings (SSSR count). The molecule has 2 aromatic rings. The molecule has 1 atom stereocenters. The molecule has 0 aromatic heterocycles. The van der Waals surface area contributed by atoms with Crippen LogP contribution in [0, 0.1) is 10.1 Å². The number of aliphatic hydroxyl groups is 1. The Morgan fingerprint density at radius 3 is 2.79 bits per heavy atom. The molecule has 2 aromatic carbocycles. The monoisotopic (exact) mass is 380 g/mol. The third-order valence-corrected chi connectivity index (χ3v) is 5.49. The van der Waals surface area contributed by atoms with Gasteiger partial charge in [-0.1, -0.05) is 31.0 Å². The first-order valence-electron chi connectivity index (χ1n) is 9.76. The zero-order valence-corrected chi connectivity index (χ0v) is 15.7. The highest BCUT2D eigenvalue weighted by molar-refractivity contribution is 5.70. The van der Waals surface area contributed by atoms with E-state index in [1.54, 1.807) is 12.1 Å². The normalized spacial score (nSPS) is 19.4. The van der Waals surface area contributed by atoms with Crippen molar-refractivity contribution in [2.45, 2.75) is 37.8 Å². The van der Waals surface area contributed by atoms with Crippen molar-refractivity contribution in [3.63, 3.8) is 0 Å². The standard InChI is InChI=1S/C22H24N2O4/c25-14-6-2-1-5-13-23-20-8-4-3-7-18(20)16-22(23)12-11-17-15-19(24(26)27)9-10-21(17)28-22/h3-4,7-12,15,25H,1-2,5-6,13-14,16H2. The number of non-ortho nitro benzene ring substituents is 1. The van der Waals surface area contributed by atoms with Gasteiger partial charge in [-0.25, -0.2) is 0 Å². The van der Waals surface area contributed by atoms with Crippen LogP contribution in [0.25, 0.3) is 6.08 Å². The molecule has 146 valence electrons. The number of hydrogen-bond donors (Lipinski definition) is 1. The molecule has 28 heavy (non-hydrogen) atoms. The van der Waals surface area contributed by atoms with E-state index in [0.717, 1.165) is 44.2 Å². The summed E-state index contributed by atoms with van der Waals surface area (Å²) in [4.78, 5) is 13.0. The maximum atomic E-state index is 11.0. The van der Waals surface area contributed by atoms with E-state index >= 15 is 0 Å². The van der Waals surface area contributed by atoms with E-state index in [1.807, 2.05) is 24.3 Å². The van der Waals surface area contributed by atoms with E-state index in [2.05, 4.69) is 17.0 Å². The molecule has 2 heterocycles. The second kappa shape index (κ2) is 7.64. The number of anilines is 1. The Hall–Kier alpha value is -2.86. The van der Waals surface area contributed by atoms with Gasteiger partial charge in [0.05, 0.1) is 4.92 Å². The van der Waals surface area contributed by atoms with Crippen LogP contribution in [-0.2, 0) is 6.42 Å². The maximum Gasteiger partial charge on any atom is 0.270 e. The molecule has 0 bridgehead atoms. The van der Waals surface area contributed by atoms with Crippen LogP contribution in [0.5, 0.6) is 5.75 Å². The second-order valence-corrected chi connectivity index (χ2v) is 7.35. The summed E-state index contributed by atoms with van der Waals surface area (Å²) >= 11 is 0. The van der Waals surface area contributed by atoms with Gasteiger partial charge in [0.25, 0.3) is 5.69 Å². The lowest BCUT2D eigenvalue weighted by molar-refractivity contribution is -0.384. The minimum Gasteiger partial charge on any atom is -0.463 e. The Balaban J connectivity index is 1.60. The zero-order chi connectivity index (χ0) is 19.6. The molecular weight excluding hydrogens is 356 g/mol. The number of unbranched alkanes of at least 4 members (excludes halogenated alkanes) is 3. The van der Waals surface area contributed by atoms with Crippen LogP contribution in [-0.4, -0.2) is 28.9 Å². The molecule has 6 heteroatoms. The zero-order valence-electron chi connectivity index (χ0n) is 15.7. The number of nitro benzene ring substituents is 1. The second-order valence-electron chi connectivity index (χ2n) is 7.35. The Labute approximate surface area is 164 Å². The summed E-state index contributed by atoms with van der Waals surface area (Å²) < 4.78 is 6.46. The number of nitro groups is 1. The Morgan fingerprint density at radius 2 is 1.96 bits per heavy atom. The first-order chi connectivity index (χ1) is 13.6. The molecule has 0 amide bonds. The summed E-state index contributed by atoms with van der Waals surface area (Å²) in [6.45, 7) is 1.10. The summed E-state index contributed by atoms with van der Waals surface area (Å²) in [7, 11) is 0. The average molecular weight is 380 g/mol. The Kier molecular flexibility index (Phi) is 5.05. The van der Waals surface area contributed by atoms with Gasteiger partial charge >= 0.3 is 0 Å². The van der Waals surface area contributed by atoms with E-state index in [1.165, 1.54) is 17.3 Å². The molecule has 0 saturated carbocycles. The lowest BCUT2D eigenvalue weighted by Gasteiger charge is -2.40. The van der Waals surface area contributed by atoms with Gasteiger partial charge in [0, 0.05) is 43.0 Å². The molecular formula is C22H24N2O4. The summed E-state index contributed by atoms with van der Waals surface area (Å²) in [6, 6.07) is 13.1. The number of para-hydroxylation sites is 1. The van der Waals surface area contributed by atoms with Crippen LogP contribution in [0.15, 0.2) is 48.5 Å². The minimum absolute atomic E-state index is 0.0680. The quantitative estimate of drug-likeness (QED) is 0.440. The van der Waals surface area contributed by atoms with Crippen molar-refractivity contribution in [3.05, 3.63) is 69.8 Å². The van der Waals surface area contributed by atoms with Crippen LogP contribution in [0.3, 0.4) is 0 Å². The summed E-state index contributed by atoms with van der Waals surface area (Å²) in [6.07, 6.45) is 8.64. The SMILES string of the molecule is O=[N+]([O-])c1ccc2c(c1)C=CC1(Cc3ccccc3N1CCCCCCO)O2. The van der Waals surface area contributed by atoms with Crippen molar-refractivity contribution in [1.29, 1.82) is 0 Å². The first kappa shape index (κ1) is 18.5. The van der Waals surface area contributed by atoms with Crippen LogP contribution < -0.4 is 9.64 Å². The topological polar surface area (TPSA) is 75.8 Å². The van der Waals surface area contributed by atoms with E-state index in [9.17, 15) is 10.1 Å². The van der Waals surface area contributed by atoms with Crippen LogP contribution in [0.4, 0.5) is 11.4 Å². The van der Waals surface area contributed by atoms with Crippen molar-refractivity contribution >= 4 is 17.5 Å². The summed E-state index contributed by atoms with van der Waals surface area (Å²) in [5.74, 6) is 0.672. The van der Waals surface area contributed by atoms with Gasteiger partial charge in [0.15, 0.2) is 0 Å².